The monoisotopic (exact) mass is 159 g/mol. The van der Waals surface area contributed by atoms with Crippen LogP contribution in [0, 0.1) is 0 Å². The molecule has 1 saturated carbocycles. The van der Waals surface area contributed by atoms with Gasteiger partial charge in [0, 0.05) is 7.05 Å². The summed E-state index contributed by atoms with van der Waals surface area (Å²) >= 11 is 0. The van der Waals surface area contributed by atoms with Gasteiger partial charge in [0.15, 0.2) is 0 Å². The molecule has 1 amide bonds. The van der Waals surface area contributed by atoms with Crippen molar-refractivity contribution in [3.05, 3.63) is 0 Å². The molecule has 0 aromatic carbocycles. The normalized spacial score (nSPS) is 19.2. The number of methoxy groups -OCH3 is 1. The van der Waals surface area contributed by atoms with E-state index in [-0.39, 0.29) is 18.2 Å². The molecule has 0 spiro atoms. The number of rotatable bonds is 2. The smallest absolute Gasteiger partial charge is 0.409 e. The molecule has 4 nitrogen and oxygen atoms in total. The molecule has 0 radical (unpaired) electrons. The summed E-state index contributed by atoms with van der Waals surface area (Å²) in [6.07, 6.45) is 1.36. The number of hydrogen-bond donors (Lipinski definition) is 1. The molecule has 11 heavy (non-hydrogen) atoms. The first-order valence-corrected chi connectivity index (χ1v) is 3.59. The fraction of sp³-hybridized carbons (Fsp3) is 0.857. The fourth-order valence-electron chi connectivity index (χ4n) is 1.07. The lowest BCUT2D eigenvalue weighted by atomic mass is 10.3. The Balaban J connectivity index is 2.53. The SMILES string of the molecule is COC(=O)N(C)C1(CO)CC1. The zero-order chi connectivity index (χ0) is 8.48. The van der Waals surface area contributed by atoms with E-state index in [1.54, 1.807) is 7.05 Å². The number of amides is 1. The molecule has 0 aliphatic heterocycles. The molecular formula is C7H13NO3. The Hall–Kier alpha value is -0.770. The van der Waals surface area contributed by atoms with E-state index in [4.69, 9.17) is 5.11 Å². The van der Waals surface area contributed by atoms with E-state index in [1.165, 1.54) is 12.0 Å². The van der Waals surface area contributed by atoms with Gasteiger partial charge in [-0.2, -0.15) is 0 Å². The topological polar surface area (TPSA) is 49.8 Å². The van der Waals surface area contributed by atoms with Crippen LogP contribution >= 0.6 is 0 Å². The fourth-order valence-corrected chi connectivity index (χ4v) is 1.07. The van der Waals surface area contributed by atoms with Crippen LogP contribution in [-0.4, -0.2) is 42.4 Å². The highest BCUT2D eigenvalue weighted by molar-refractivity contribution is 5.68. The van der Waals surface area contributed by atoms with Crippen molar-refractivity contribution < 1.29 is 14.6 Å². The molecule has 0 atom stereocenters. The van der Waals surface area contributed by atoms with E-state index in [0.29, 0.717) is 0 Å². The van der Waals surface area contributed by atoms with Gasteiger partial charge in [0.1, 0.15) is 0 Å². The summed E-state index contributed by atoms with van der Waals surface area (Å²) in [5.41, 5.74) is -0.312. The number of nitrogens with zero attached hydrogens (tertiary/aromatic N) is 1. The summed E-state index contributed by atoms with van der Waals surface area (Å²) in [6, 6.07) is 0. The molecule has 1 aliphatic rings. The summed E-state index contributed by atoms with van der Waals surface area (Å²) in [6.45, 7) is 0.0264. The number of carbonyl (C=O) groups excluding carboxylic acids is 1. The number of carbonyl (C=O) groups is 1. The van der Waals surface area contributed by atoms with Gasteiger partial charge < -0.3 is 14.7 Å². The average Bonchev–Trinajstić information content (AvgIpc) is 2.82. The Morgan fingerprint density at radius 3 is 2.55 bits per heavy atom. The molecule has 0 aromatic rings. The van der Waals surface area contributed by atoms with Crippen molar-refractivity contribution >= 4 is 6.09 Å². The van der Waals surface area contributed by atoms with Crippen LogP contribution in [0.3, 0.4) is 0 Å². The predicted molar refractivity (Wildman–Crippen MR) is 39.2 cm³/mol. The highest BCUT2D eigenvalue weighted by Crippen LogP contribution is 2.40. The van der Waals surface area contributed by atoms with Crippen LogP contribution in [0.5, 0.6) is 0 Å². The van der Waals surface area contributed by atoms with Crippen LogP contribution in [0.25, 0.3) is 0 Å². The largest absolute Gasteiger partial charge is 0.453 e. The third-order valence-electron chi connectivity index (χ3n) is 2.28. The minimum Gasteiger partial charge on any atom is -0.453 e. The first-order valence-electron chi connectivity index (χ1n) is 3.59. The molecule has 0 aromatic heterocycles. The highest BCUT2D eigenvalue weighted by atomic mass is 16.5. The number of likely N-dealkylation sites (N-methyl/N-ethyl adjacent to an activating group) is 1. The zero-order valence-electron chi connectivity index (χ0n) is 6.83. The van der Waals surface area contributed by atoms with Gasteiger partial charge in [0.2, 0.25) is 0 Å². The molecule has 1 N–H and O–H groups in total. The maximum Gasteiger partial charge on any atom is 0.409 e. The molecule has 0 heterocycles. The van der Waals surface area contributed by atoms with E-state index in [2.05, 4.69) is 4.74 Å². The molecule has 4 heteroatoms. The second kappa shape index (κ2) is 2.70. The maximum atomic E-state index is 10.9. The Kier molecular flexibility index (Phi) is 2.04. The van der Waals surface area contributed by atoms with Crippen molar-refractivity contribution in [2.24, 2.45) is 0 Å². The summed E-state index contributed by atoms with van der Waals surface area (Å²) < 4.78 is 4.52. The van der Waals surface area contributed by atoms with Crippen LogP contribution < -0.4 is 0 Å². The second-order valence-electron chi connectivity index (χ2n) is 2.91. The summed E-state index contributed by atoms with van der Waals surface area (Å²) in [4.78, 5) is 12.4. The maximum absolute atomic E-state index is 10.9. The Bertz CT molecular complexity index is 165. The molecule has 0 saturated heterocycles. The molecule has 1 rings (SSSR count). The zero-order valence-corrected chi connectivity index (χ0v) is 6.83. The highest BCUT2D eigenvalue weighted by Gasteiger charge is 2.48. The van der Waals surface area contributed by atoms with E-state index >= 15 is 0 Å². The number of aliphatic hydroxyl groups is 1. The summed E-state index contributed by atoms with van der Waals surface area (Å²) in [5.74, 6) is 0. The lowest BCUT2D eigenvalue weighted by Crippen LogP contribution is -2.41. The summed E-state index contributed by atoms with van der Waals surface area (Å²) in [5, 5.41) is 8.92. The lowest BCUT2D eigenvalue weighted by molar-refractivity contribution is 0.0881. The number of ether oxygens (including phenoxy) is 1. The van der Waals surface area contributed by atoms with Gasteiger partial charge in [-0.15, -0.1) is 0 Å². The van der Waals surface area contributed by atoms with Crippen LogP contribution in [0.15, 0.2) is 0 Å². The van der Waals surface area contributed by atoms with E-state index < -0.39 is 0 Å². The molecule has 0 bridgehead atoms. The van der Waals surface area contributed by atoms with Gasteiger partial charge in [-0.05, 0) is 12.8 Å². The lowest BCUT2D eigenvalue weighted by Gasteiger charge is -2.24. The van der Waals surface area contributed by atoms with Crippen molar-refractivity contribution in [2.45, 2.75) is 18.4 Å². The standard InChI is InChI=1S/C7H13NO3/c1-8(6(10)11-2)7(5-9)3-4-7/h9H,3-5H2,1-2H3. The number of aliphatic hydroxyl groups excluding tert-OH is 1. The molecule has 64 valence electrons. The third kappa shape index (κ3) is 1.30. The Morgan fingerprint density at radius 1 is 1.73 bits per heavy atom. The van der Waals surface area contributed by atoms with E-state index in [9.17, 15) is 4.79 Å². The van der Waals surface area contributed by atoms with Crippen molar-refractivity contribution in [1.29, 1.82) is 0 Å². The van der Waals surface area contributed by atoms with Crippen molar-refractivity contribution in [3.8, 4) is 0 Å². The Morgan fingerprint density at radius 2 is 2.27 bits per heavy atom. The molecule has 0 unspecified atom stereocenters. The number of hydrogen-bond acceptors (Lipinski definition) is 3. The van der Waals surface area contributed by atoms with Crippen LogP contribution in [-0.2, 0) is 4.74 Å². The molecule has 1 fully saturated rings. The van der Waals surface area contributed by atoms with Crippen LogP contribution in [0.4, 0.5) is 4.79 Å². The molecule has 1 aliphatic carbocycles. The minimum absolute atomic E-state index is 0.0264. The second-order valence-corrected chi connectivity index (χ2v) is 2.91. The van der Waals surface area contributed by atoms with Crippen molar-refractivity contribution in [1.82, 2.24) is 4.90 Å². The summed E-state index contributed by atoms with van der Waals surface area (Å²) in [7, 11) is 2.99. The van der Waals surface area contributed by atoms with E-state index in [1.807, 2.05) is 0 Å². The van der Waals surface area contributed by atoms with Gasteiger partial charge in [0.25, 0.3) is 0 Å². The van der Waals surface area contributed by atoms with Crippen LogP contribution in [0.2, 0.25) is 0 Å². The Labute approximate surface area is 65.8 Å². The van der Waals surface area contributed by atoms with Gasteiger partial charge >= 0.3 is 6.09 Å². The predicted octanol–water partition coefficient (Wildman–Crippen LogP) is 0.209. The van der Waals surface area contributed by atoms with Crippen LogP contribution in [0.1, 0.15) is 12.8 Å². The van der Waals surface area contributed by atoms with Gasteiger partial charge in [-0.25, -0.2) is 4.79 Å². The quantitative estimate of drug-likeness (QED) is 0.626. The third-order valence-corrected chi connectivity index (χ3v) is 2.28. The first-order chi connectivity index (χ1) is 5.16. The first kappa shape index (κ1) is 8.33. The van der Waals surface area contributed by atoms with Crippen molar-refractivity contribution in [3.63, 3.8) is 0 Å². The van der Waals surface area contributed by atoms with Gasteiger partial charge in [-0.1, -0.05) is 0 Å². The van der Waals surface area contributed by atoms with Gasteiger partial charge in [0.05, 0.1) is 19.3 Å². The van der Waals surface area contributed by atoms with Gasteiger partial charge in [-0.3, -0.25) is 0 Å². The molecular weight excluding hydrogens is 146 g/mol. The minimum atomic E-state index is -0.378. The van der Waals surface area contributed by atoms with E-state index in [0.717, 1.165) is 12.8 Å². The van der Waals surface area contributed by atoms with Crippen molar-refractivity contribution in [2.75, 3.05) is 20.8 Å². The average molecular weight is 159 g/mol.